The van der Waals surface area contributed by atoms with E-state index in [9.17, 15) is 8.42 Å². The zero-order chi connectivity index (χ0) is 11.6. The van der Waals surface area contributed by atoms with Gasteiger partial charge in [-0.2, -0.15) is 0 Å². The molecule has 0 amide bonds. The Morgan fingerprint density at radius 3 is 3.00 bits per heavy atom. The Bertz CT molecular complexity index is 593. The van der Waals surface area contributed by atoms with E-state index in [1.54, 1.807) is 11.3 Å². The maximum atomic E-state index is 10.8. The van der Waals surface area contributed by atoms with Crippen molar-refractivity contribution in [2.75, 3.05) is 11.5 Å². The van der Waals surface area contributed by atoms with E-state index >= 15 is 0 Å². The third-order valence-electron chi connectivity index (χ3n) is 1.82. The Hall–Kier alpha value is -0.700. The van der Waals surface area contributed by atoms with Crippen LogP contribution in [0.25, 0.3) is 10.2 Å². The number of nitrogens with zero attached hydrogens (tertiary/aromatic N) is 2. The highest BCUT2D eigenvalue weighted by atomic mass is 32.2. The number of nitrogens with two attached hydrogens (primary N) is 1. The zero-order valence-electron chi connectivity index (χ0n) is 8.16. The molecule has 0 aliphatic carbocycles. The number of sulfonamides is 1. The van der Waals surface area contributed by atoms with Crippen LogP contribution in [-0.2, 0) is 10.0 Å². The lowest BCUT2D eigenvalue weighted by Crippen LogP contribution is -2.17. The Kier molecular flexibility index (Phi) is 3.43. The van der Waals surface area contributed by atoms with Crippen LogP contribution in [0.5, 0.6) is 0 Å². The molecular weight excluding hydrogens is 266 g/mol. The molecule has 0 radical (unpaired) electrons. The molecule has 0 spiro atoms. The van der Waals surface area contributed by atoms with Crippen LogP contribution < -0.4 is 5.14 Å². The lowest BCUT2D eigenvalue weighted by atomic mass is 10.5. The van der Waals surface area contributed by atoms with Gasteiger partial charge in [-0.25, -0.2) is 23.5 Å². The van der Waals surface area contributed by atoms with Gasteiger partial charge < -0.3 is 0 Å². The van der Waals surface area contributed by atoms with Crippen molar-refractivity contribution in [1.82, 2.24) is 9.97 Å². The van der Waals surface area contributed by atoms with Gasteiger partial charge in [-0.3, -0.25) is 0 Å². The van der Waals surface area contributed by atoms with Crippen LogP contribution in [0.1, 0.15) is 0 Å². The number of hydrogen-bond donors (Lipinski definition) is 1. The van der Waals surface area contributed by atoms with Crippen molar-refractivity contribution in [1.29, 1.82) is 0 Å². The standard InChI is InChI=1S/C8H9N3O2S3/c9-16(12,13)4-3-15-8-7-6(1-2-14-7)10-5-11-8/h1-2,5H,3-4H2,(H2,9,12,13). The summed E-state index contributed by atoms with van der Waals surface area (Å²) < 4.78 is 22.5. The predicted molar refractivity (Wildman–Crippen MR) is 66.1 cm³/mol. The highest BCUT2D eigenvalue weighted by Gasteiger charge is 2.08. The predicted octanol–water partition coefficient (Wildman–Crippen LogP) is 1.07. The number of aromatic nitrogens is 2. The Morgan fingerprint density at radius 1 is 1.44 bits per heavy atom. The first-order valence-corrected chi connectivity index (χ1v) is 7.96. The van der Waals surface area contributed by atoms with Crippen LogP contribution in [0.3, 0.4) is 0 Å². The summed E-state index contributed by atoms with van der Waals surface area (Å²) in [6, 6.07) is 1.91. The number of hydrogen-bond acceptors (Lipinski definition) is 6. The second-order valence-corrected chi connectivity index (χ2v) is 6.76. The average Bonchev–Trinajstić information content (AvgIpc) is 2.64. The fourth-order valence-corrected chi connectivity index (χ4v) is 3.99. The van der Waals surface area contributed by atoms with E-state index in [0.29, 0.717) is 5.75 Å². The quantitative estimate of drug-likeness (QED) is 0.666. The highest BCUT2D eigenvalue weighted by molar-refractivity contribution is 8.00. The van der Waals surface area contributed by atoms with E-state index in [2.05, 4.69) is 9.97 Å². The summed E-state index contributed by atoms with van der Waals surface area (Å²) in [4.78, 5) is 8.23. The number of rotatable bonds is 4. The molecule has 0 saturated carbocycles. The third-order valence-corrected chi connectivity index (χ3v) is 4.88. The zero-order valence-corrected chi connectivity index (χ0v) is 10.6. The minimum Gasteiger partial charge on any atom is -0.235 e. The SMILES string of the molecule is NS(=O)(=O)CCSc1ncnc2ccsc12. The van der Waals surface area contributed by atoms with Gasteiger partial charge in [0.2, 0.25) is 10.0 Å². The minimum absolute atomic E-state index is 0.0471. The first-order chi connectivity index (χ1) is 7.56. The molecular formula is C8H9N3O2S3. The molecule has 0 saturated heterocycles. The van der Waals surface area contributed by atoms with Gasteiger partial charge in [0.1, 0.15) is 11.4 Å². The fourth-order valence-electron chi connectivity index (χ4n) is 1.12. The molecule has 0 aliphatic rings. The number of thioether (sulfide) groups is 1. The summed E-state index contributed by atoms with van der Waals surface area (Å²) >= 11 is 2.93. The number of primary sulfonamides is 1. The first kappa shape index (κ1) is 11.8. The normalized spacial score (nSPS) is 12.1. The van der Waals surface area contributed by atoms with Crippen LogP contribution in [-0.4, -0.2) is 29.9 Å². The molecule has 5 nitrogen and oxygen atoms in total. The van der Waals surface area contributed by atoms with E-state index in [1.807, 2.05) is 11.4 Å². The van der Waals surface area contributed by atoms with E-state index in [1.165, 1.54) is 18.1 Å². The monoisotopic (exact) mass is 275 g/mol. The van der Waals surface area contributed by atoms with Crippen molar-refractivity contribution in [3.05, 3.63) is 17.8 Å². The Labute approximate surface area is 101 Å². The summed E-state index contributed by atoms with van der Waals surface area (Å²) in [5.74, 6) is 0.359. The molecule has 0 atom stereocenters. The van der Waals surface area contributed by atoms with Gasteiger partial charge in [0.05, 0.1) is 16.0 Å². The Morgan fingerprint density at radius 2 is 2.25 bits per heavy atom. The maximum Gasteiger partial charge on any atom is 0.209 e. The van der Waals surface area contributed by atoms with Crippen LogP contribution in [0.4, 0.5) is 0 Å². The van der Waals surface area contributed by atoms with Crippen molar-refractivity contribution < 1.29 is 8.42 Å². The lowest BCUT2D eigenvalue weighted by Gasteiger charge is -2.00. The van der Waals surface area contributed by atoms with Gasteiger partial charge in [-0.05, 0) is 11.4 Å². The molecule has 0 unspecified atom stereocenters. The molecule has 16 heavy (non-hydrogen) atoms. The topological polar surface area (TPSA) is 85.9 Å². The van der Waals surface area contributed by atoms with Crippen molar-refractivity contribution in [3.8, 4) is 0 Å². The molecule has 0 bridgehead atoms. The van der Waals surface area contributed by atoms with Gasteiger partial charge in [-0.1, -0.05) is 0 Å². The molecule has 2 aromatic rings. The minimum atomic E-state index is -3.40. The van der Waals surface area contributed by atoms with Gasteiger partial charge in [0.25, 0.3) is 0 Å². The molecule has 0 fully saturated rings. The number of thiophene rings is 1. The van der Waals surface area contributed by atoms with Crippen molar-refractivity contribution >= 4 is 43.3 Å². The van der Waals surface area contributed by atoms with E-state index in [-0.39, 0.29) is 5.75 Å². The molecule has 86 valence electrons. The summed E-state index contributed by atoms with van der Waals surface area (Å²) in [5, 5.41) is 7.66. The second kappa shape index (κ2) is 4.66. The van der Waals surface area contributed by atoms with Crippen molar-refractivity contribution in [3.63, 3.8) is 0 Å². The second-order valence-electron chi connectivity index (χ2n) is 3.03. The summed E-state index contributed by atoms with van der Waals surface area (Å²) in [6.45, 7) is 0. The van der Waals surface area contributed by atoms with Gasteiger partial charge >= 0.3 is 0 Å². The van der Waals surface area contributed by atoms with Gasteiger partial charge in [0.15, 0.2) is 0 Å². The van der Waals surface area contributed by atoms with Crippen LogP contribution >= 0.6 is 23.1 Å². The summed E-state index contributed by atoms with van der Waals surface area (Å²) in [7, 11) is -3.40. The number of fused-ring (bicyclic) bond motifs is 1. The van der Waals surface area contributed by atoms with Crippen LogP contribution in [0.2, 0.25) is 0 Å². The molecule has 0 aromatic carbocycles. The van der Waals surface area contributed by atoms with E-state index in [0.717, 1.165) is 15.2 Å². The summed E-state index contributed by atoms with van der Waals surface area (Å²) in [6.07, 6.45) is 1.48. The van der Waals surface area contributed by atoms with E-state index in [4.69, 9.17) is 5.14 Å². The summed E-state index contributed by atoms with van der Waals surface area (Å²) in [5.41, 5.74) is 0.887. The lowest BCUT2D eigenvalue weighted by molar-refractivity contribution is 0.599. The molecule has 2 aromatic heterocycles. The van der Waals surface area contributed by atoms with Crippen LogP contribution in [0.15, 0.2) is 22.8 Å². The first-order valence-electron chi connectivity index (χ1n) is 4.38. The van der Waals surface area contributed by atoms with E-state index < -0.39 is 10.0 Å². The average molecular weight is 275 g/mol. The highest BCUT2D eigenvalue weighted by Crippen LogP contribution is 2.28. The largest absolute Gasteiger partial charge is 0.235 e. The molecule has 8 heteroatoms. The van der Waals surface area contributed by atoms with Crippen LogP contribution in [0, 0.1) is 0 Å². The smallest absolute Gasteiger partial charge is 0.209 e. The van der Waals surface area contributed by atoms with Crippen molar-refractivity contribution in [2.24, 2.45) is 5.14 Å². The molecule has 0 aliphatic heterocycles. The Balaban J connectivity index is 2.12. The molecule has 2 heterocycles. The maximum absolute atomic E-state index is 10.8. The molecule has 2 N–H and O–H groups in total. The third kappa shape index (κ3) is 2.91. The fraction of sp³-hybridized carbons (Fsp3) is 0.250. The molecule has 2 rings (SSSR count). The van der Waals surface area contributed by atoms with Gasteiger partial charge in [0, 0.05) is 5.75 Å². The van der Waals surface area contributed by atoms with Crippen molar-refractivity contribution in [2.45, 2.75) is 5.03 Å². The van der Waals surface area contributed by atoms with Gasteiger partial charge in [-0.15, -0.1) is 23.1 Å².